The van der Waals surface area contributed by atoms with E-state index >= 15 is 0 Å². The van der Waals surface area contributed by atoms with Crippen LogP contribution >= 0.6 is 11.8 Å². The van der Waals surface area contributed by atoms with E-state index < -0.39 is 0 Å². The molecule has 0 bridgehead atoms. The lowest BCUT2D eigenvalue weighted by molar-refractivity contribution is 0.117. The summed E-state index contributed by atoms with van der Waals surface area (Å²) in [6.45, 7) is 3.71. The van der Waals surface area contributed by atoms with Gasteiger partial charge in [-0.25, -0.2) is 9.97 Å². The largest absolute Gasteiger partial charge is 0.377 e. The third kappa shape index (κ3) is 5.72. The lowest BCUT2D eigenvalue weighted by Gasteiger charge is -2.10. The maximum Gasteiger partial charge on any atom is 0.187 e. The Morgan fingerprint density at radius 2 is 1.85 bits per heavy atom. The predicted molar refractivity (Wildman–Crippen MR) is 82.7 cm³/mol. The van der Waals surface area contributed by atoms with E-state index in [2.05, 4.69) is 29.0 Å². The van der Waals surface area contributed by atoms with Crippen LogP contribution < -0.4 is 0 Å². The van der Waals surface area contributed by atoms with E-state index in [1.54, 1.807) is 24.2 Å². The zero-order valence-electron chi connectivity index (χ0n) is 11.7. The molecule has 0 N–H and O–H groups in total. The van der Waals surface area contributed by atoms with E-state index in [-0.39, 0.29) is 0 Å². The molecular formula is C16H20N2OS. The smallest absolute Gasteiger partial charge is 0.187 e. The van der Waals surface area contributed by atoms with Crippen LogP contribution in [-0.2, 0) is 11.3 Å². The van der Waals surface area contributed by atoms with Gasteiger partial charge in [0.1, 0.15) is 0 Å². The van der Waals surface area contributed by atoms with Crippen LogP contribution in [-0.4, -0.2) is 21.8 Å². The summed E-state index contributed by atoms with van der Waals surface area (Å²) in [5.74, 6) is 0. The molecular weight excluding hydrogens is 268 g/mol. The highest BCUT2D eigenvalue weighted by Crippen LogP contribution is 2.21. The van der Waals surface area contributed by atoms with Crippen LogP contribution in [0.5, 0.6) is 0 Å². The number of hydrogen-bond acceptors (Lipinski definition) is 4. The van der Waals surface area contributed by atoms with Crippen LogP contribution in [0.1, 0.15) is 25.3 Å². The van der Waals surface area contributed by atoms with Crippen LogP contribution in [0.4, 0.5) is 0 Å². The fourth-order valence-corrected chi connectivity index (χ4v) is 2.71. The molecule has 20 heavy (non-hydrogen) atoms. The SMILES string of the molecule is CC(CCCOCc1ccccc1)Sc1ncccn1. The van der Waals surface area contributed by atoms with E-state index in [4.69, 9.17) is 4.74 Å². The van der Waals surface area contributed by atoms with Gasteiger partial charge in [0.15, 0.2) is 5.16 Å². The summed E-state index contributed by atoms with van der Waals surface area (Å²) in [7, 11) is 0. The topological polar surface area (TPSA) is 35.0 Å². The van der Waals surface area contributed by atoms with Crippen LogP contribution in [0.2, 0.25) is 0 Å². The fourth-order valence-electron chi connectivity index (χ4n) is 1.82. The molecule has 2 aromatic rings. The monoisotopic (exact) mass is 288 g/mol. The molecule has 0 aliphatic heterocycles. The van der Waals surface area contributed by atoms with Gasteiger partial charge in [0.05, 0.1) is 6.61 Å². The summed E-state index contributed by atoms with van der Waals surface area (Å²) in [6, 6.07) is 12.1. The molecule has 0 fully saturated rings. The molecule has 1 heterocycles. The summed E-state index contributed by atoms with van der Waals surface area (Å²) >= 11 is 1.72. The number of hydrogen-bond donors (Lipinski definition) is 0. The Bertz CT molecular complexity index is 478. The highest BCUT2D eigenvalue weighted by Gasteiger charge is 2.05. The zero-order chi connectivity index (χ0) is 14.0. The Kier molecular flexibility index (Phi) is 6.54. The minimum absolute atomic E-state index is 0.512. The van der Waals surface area contributed by atoms with Crippen molar-refractivity contribution in [3.05, 3.63) is 54.4 Å². The van der Waals surface area contributed by atoms with E-state index in [0.717, 1.165) is 24.6 Å². The summed E-state index contributed by atoms with van der Waals surface area (Å²) in [6.07, 6.45) is 5.74. The molecule has 0 radical (unpaired) electrons. The molecule has 3 nitrogen and oxygen atoms in total. The Morgan fingerprint density at radius 1 is 1.10 bits per heavy atom. The van der Waals surface area contributed by atoms with Gasteiger partial charge in [-0.15, -0.1) is 0 Å². The van der Waals surface area contributed by atoms with Crippen molar-refractivity contribution in [2.24, 2.45) is 0 Å². The van der Waals surface area contributed by atoms with Crippen molar-refractivity contribution in [2.45, 2.75) is 36.8 Å². The number of ether oxygens (including phenoxy) is 1. The zero-order valence-corrected chi connectivity index (χ0v) is 12.6. The Balaban J connectivity index is 1.57. The first-order valence-corrected chi connectivity index (χ1v) is 7.78. The third-order valence-electron chi connectivity index (χ3n) is 2.86. The van der Waals surface area contributed by atoms with Gasteiger partial charge in [0.2, 0.25) is 0 Å². The first-order valence-electron chi connectivity index (χ1n) is 6.90. The summed E-state index contributed by atoms with van der Waals surface area (Å²) in [5, 5.41) is 1.36. The van der Waals surface area contributed by atoms with Crippen LogP contribution in [0.15, 0.2) is 53.9 Å². The molecule has 0 saturated carbocycles. The molecule has 1 aromatic carbocycles. The van der Waals surface area contributed by atoms with Gasteiger partial charge in [-0.05, 0) is 24.5 Å². The Labute approximate surface area is 124 Å². The van der Waals surface area contributed by atoms with Gasteiger partial charge in [0, 0.05) is 24.3 Å². The van der Waals surface area contributed by atoms with Crippen molar-refractivity contribution in [1.29, 1.82) is 0 Å². The van der Waals surface area contributed by atoms with Crippen molar-refractivity contribution in [1.82, 2.24) is 9.97 Å². The average molecular weight is 288 g/mol. The van der Waals surface area contributed by atoms with E-state index in [1.807, 2.05) is 24.3 Å². The van der Waals surface area contributed by atoms with Crippen molar-refractivity contribution in [3.63, 3.8) is 0 Å². The second-order valence-corrected chi connectivity index (χ2v) is 6.05. The van der Waals surface area contributed by atoms with Crippen LogP contribution in [0.25, 0.3) is 0 Å². The molecule has 106 valence electrons. The number of thioether (sulfide) groups is 1. The molecule has 0 spiro atoms. The predicted octanol–water partition coefficient (Wildman–Crippen LogP) is 3.95. The van der Waals surface area contributed by atoms with E-state index in [9.17, 15) is 0 Å². The minimum atomic E-state index is 0.512. The maximum absolute atomic E-state index is 5.68. The first-order chi connectivity index (χ1) is 9.84. The molecule has 0 aliphatic rings. The Morgan fingerprint density at radius 3 is 2.60 bits per heavy atom. The van der Waals surface area contributed by atoms with Crippen molar-refractivity contribution in [2.75, 3.05) is 6.61 Å². The second kappa shape index (κ2) is 8.72. The number of rotatable bonds is 8. The highest BCUT2D eigenvalue weighted by molar-refractivity contribution is 7.99. The molecule has 1 unspecified atom stereocenters. The normalized spacial score (nSPS) is 12.2. The third-order valence-corrected chi connectivity index (χ3v) is 3.92. The van der Waals surface area contributed by atoms with E-state index in [1.165, 1.54) is 5.56 Å². The number of aromatic nitrogens is 2. The quantitative estimate of drug-likeness (QED) is 0.418. The molecule has 0 amide bonds. The van der Waals surface area contributed by atoms with Crippen molar-refractivity contribution < 1.29 is 4.74 Å². The van der Waals surface area contributed by atoms with Crippen molar-refractivity contribution >= 4 is 11.8 Å². The first kappa shape index (κ1) is 15.0. The molecule has 2 rings (SSSR count). The summed E-state index contributed by atoms with van der Waals surface area (Å²) < 4.78 is 5.68. The van der Waals surface area contributed by atoms with Gasteiger partial charge in [-0.3, -0.25) is 0 Å². The van der Waals surface area contributed by atoms with Gasteiger partial charge in [0.25, 0.3) is 0 Å². The lowest BCUT2D eigenvalue weighted by atomic mass is 10.2. The standard InChI is InChI=1S/C16H20N2OS/c1-14(20-16-17-10-6-11-18-16)7-5-12-19-13-15-8-3-2-4-9-15/h2-4,6,8-11,14H,5,7,12-13H2,1H3. The highest BCUT2D eigenvalue weighted by atomic mass is 32.2. The molecule has 1 atom stereocenters. The molecule has 4 heteroatoms. The number of benzene rings is 1. The summed E-state index contributed by atoms with van der Waals surface area (Å²) in [4.78, 5) is 8.45. The van der Waals surface area contributed by atoms with Gasteiger partial charge in [-0.1, -0.05) is 49.0 Å². The number of nitrogens with zero attached hydrogens (tertiary/aromatic N) is 2. The molecule has 0 saturated heterocycles. The van der Waals surface area contributed by atoms with Crippen LogP contribution in [0, 0.1) is 0 Å². The minimum Gasteiger partial charge on any atom is -0.377 e. The molecule has 0 aliphatic carbocycles. The summed E-state index contributed by atoms with van der Waals surface area (Å²) in [5.41, 5.74) is 1.23. The lowest BCUT2D eigenvalue weighted by Crippen LogP contribution is -2.02. The molecule has 1 aromatic heterocycles. The van der Waals surface area contributed by atoms with Gasteiger partial charge in [-0.2, -0.15) is 0 Å². The Hall–Kier alpha value is -1.39. The second-order valence-electron chi connectivity index (χ2n) is 4.64. The average Bonchev–Trinajstić information content (AvgIpc) is 2.49. The fraction of sp³-hybridized carbons (Fsp3) is 0.375. The van der Waals surface area contributed by atoms with Crippen LogP contribution in [0.3, 0.4) is 0 Å². The van der Waals surface area contributed by atoms with Crippen molar-refractivity contribution in [3.8, 4) is 0 Å². The van der Waals surface area contributed by atoms with E-state index in [0.29, 0.717) is 11.9 Å². The van der Waals surface area contributed by atoms with Gasteiger partial charge < -0.3 is 4.74 Å². The van der Waals surface area contributed by atoms with Gasteiger partial charge >= 0.3 is 0 Å². The maximum atomic E-state index is 5.68.